The van der Waals surface area contributed by atoms with Crippen LogP contribution in [0.15, 0.2) is 95.3 Å². The van der Waals surface area contributed by atoms with Crippen LogP contribution in [0.4, 0.5) is 0 Å². The fraction of sp³-hybridized carbons (Fsp3) is 0.317. The van der Waals surface area contributed by atoms with Gasteiger partial charge in [-0.2, -0.15) is 0 Å². The van der Waals surface area contributed by atoms with Crippen LogP contribution < -0.4 is 0 Å². The van der Waals surface area contributed by atoms with Crippen molar-refractivity contribution in [1.29, 1.82) is 0 Å². The van der Waals surface area contributed by atoms with E-state index in [0.717, 1.165) is 5.54 Å². The second kappa shape index (κ2) is 10.2. The van der Waals surface area contributed by atoms with E-state index in [-0.39, 0.29) is 0 Å². The first-order valence-corrected chi connectivity index (χ1v) is 30.5. The first kappa shape index (κ1) is 28.0. The van der Waals surface area contributed by atoms with Gasteiger partial charge in [-0.25, -0.2) is 0 Å². The topological polar surface area (TPSA) is 0 Å². The van der Waals surface area contributed by atoms with Crippen molar-refractivity contribution in [2.75, 3.05) is 0 Å². The van der Waals surface area contributed by atoms with Gasteiger partial charge in [0, 0.05) is 0 Å². The molecular weight excluding hydrogens is 699 g/mol. The summed E-state index contributed by atoms with van der Waals surface area (Å²) in [4.78, 5) is 0. The van der Waals surface area contributed by atoms with E-state index in [1.165, 1.54) is 65.5 Å². The van der Waals surface area contributed by atoms with Crippen molar-refractivity contribution in [1.82, 2.24) is 0 Å². The second-order valence-corrected chi connectivity index (χ2v) is 36.3. The Hall–Kier alpha value is -2.55. The van der Waals surface area contributed by atoms with Gasteiger partial charge in [0.05, 0.1) is 0 Å². The molecule has 1 heterocycles. The average Bonchev–Trinajstić information content (AvgIpc) is 3.63. The quantitative estimate of drug-likeness (QED) is 0.183. The number of aryl methyl sites for hydroxylation is 2. The number of fused-ring (bicyclic) bond motifs is 6. The molecule has 1 saturated heterocycles. The van der Waals surface area contributed by atoms with Crippen LogP contribution in [0.25, 0.3) is 34.4 Å². The molecule has 3 aliphatic carbocycles. The van der Waals surface area contributed by atoms with E-state index in [1.54, 1.807) is 22.3 Å². The summed E-state index contributed by atoms with van der Waals surface area (Å²) in [6, 6.07) is 32.7. The molecule has 216 valence electrons. The number of hydrogen-bond acceptors (Lipinski definition) is 0. The van der Waals surface area contributed by atoms with Gasteiger partial charge in [-0.05, 0) is 0 Å². The first-order valence-electron chi connectivity index (χ1n) is 16.6. The molecular formula is C41H44HfSi. The zero-order valence-corrected chi connectivity index (χ0v) is 31.1. The van der Waals surface area contributed by atoms with Crippen LogP contribution in [0.5, 0.6) is 0 Å². The predicted octanol–water partition coefficient (Wildman–Crippen LogP) is 12.0. The summed E-state index contributed by atoms with van der Waals surface area (Å²) in [7, 11) is -1.98. The number of allylic oxidation sites excluding steroid dienone is 2. The number of hydrogen-bond donors (Lipinski definition) is 0. The van der Waals surface area contributed by atoms with Crippen LogP contribution in [0.1, 0.15) is 72.8 Å². The third-order valence-electron chi connectivity index (χ3n) is 12.1. The van der Waals surface area contributed by atoms with Gasteiger partial charge in [0.25, 0.3) is 0 Å². The zero-order chi connectivity index (χ0) is 29.5. The molecule has 8 rings (SSSR count). The van der Waals surface area contributed by atoms with E-state index in [0.29, 0.717) is 7.35 Å². The van der Waals surface area contributed by atoms with Crippen molar-refractivity contribution in [3.05, 3.63) is 129 Å². The Morgan fingerprint density at radius 3 is 1.47 bits per heavy atom. The molecule has 2 atom stereocenters. The van der Waals surface area contributed by atoms with Gasteiger partial charge < -0.3 is 0 Å². The third-order valence-corrected chi connectivity index (χ3v) is 34.8. The Bertz CT molecular complexity index is 1710. The summed E-state index contributed by atoms with van der Waals surface area (Å²) < 4.78 is 7.04. The average molecular weight is 743 g/mol. The van der Waals surface area contributed by atoms with Crippen molar-refractivity contribution < 1.29 is 20.0 Å². The van der Waals surface area contributed by atoms with E-state index in [4.69, 9.17) is 0 Å². The third kappa shape index (κ3) is 4.01. The van der Waals surface area contributed by atoms with Crippen LogP contribution >= 0.6 is 0 Å². The monoisotopic (exact) mass is 744 g/mol. The SMILES string of the molecule is Cc1ccccc1-c1cccc2c1C=C1[CH]2[Hf]([CH3])([CH3])[CH]2C(=Cc3c(-c4ccccc4C)cccc32)[Si]1(C)C1CCCCC1. The Balaban J connectivity index is 1.39. The van der Waals surface area contributed by atoms with E-state index in [2.05, 4.69) is 127 Å². The van der Waals surface area contributed by atoms with Crippen molar-refractivity contribution in [3.8, 4) is 22.3 Å². The Kier molecular flexibility index (Phi) is 6.66. The zero-order valence-electron chi connectivity index (χ0n) is 26.5. The van der Waals surface area contributed by atoms with Crippen LogP contribution in [-0.4, -0.2) is 8.07 Å². The molecule has 0 spiro atoms. The van der Waals surface area contributed by atoms with Gasteiger partial charge in [-0.15, -0.1) is 0 Å². The van der Waals surface area contributed by atoms with Gasteiger partial charge in [-0.1, -0.05) is 0 Å². The molecule has 0 amide bonds. The number of benzene rings is 4. The Labute approximate surface area is 264 Å². The molecule has 0 aromatic heterocycles. The van der Waals surface area contributed by atoms with Gasteiger partial charge >= 0.3 is 266 Å². The van der Waals surface area contributed by atoms with E-state index in [1.807, 2.05) is 10.4 Å². The van der Waals surface area contributed by atoms with Gasteiger partial charge in [0.1, 0.15) is 0 Å². The van der Waals surface area contributed by atoms with E-state index in [9.17, 15) is 0 Å². The normalized spacial score (nSPS) is 25.3. The molecule has 0 nitrogen and oxygen atoms in total. The molecule has 43 heavy (non-hydrogen) atoms. The standard InChI is InChI=1S/C39H38Si.2CH3.Hf/c1-27-13-7-9-19-34(27)36-21-11-15-29-23-32(25-38(29)36)40(3,31-17-5-4-6-18-31)33-24-30-16-12-22-37(39(30)26-33)35-20-10-8-14-28(35)2;;;/h7-16,19-26,31H,4-6,17-18H2,1-3H3;2*1H3;. The maximum absolute atomic E-state index is 3.06. The summed E-state index contributed by atoms with van der Waals surface area (Å²) in [5, 5.41) is 3.85. The minimum absolute atomic E-state index is 0.695. The van der Waals surface area contributed by atoms with Gasteiger partial charge in [0.2, 0.25) is 0 Å². The van der Waals surface area contributed by atoms with Crippen molar-refractivity contribution in [2.24, 2.45) is 0 Å². The minimum atomic E-state index is -3.06. The Morgan fingerprint density at radius 2 is 1.00 bits per heavy atom. The molecule has 4 aromatic rings. The van der Waals surface area contributed by atoms with Gasteiger partial charge in [-0.3, -0.25) is 0 Å². The molecule has 1 aliphatic heterocycles. The molecule has 2 unspecified atom stereocenters. The summed E-state index contributed by atoms with van der Waals surface area (Å²) in [5.74, 6) is 0. The van der Waals surface area contributed by atoms with Crippen LogP contribution in [0, 0.1) is 13.8 Å². The van der Waals surface area contributed by atoms with Gasteiger partial charge in [0.15, 0.2) is 0 Å². The van der Waals surface area contributed by atoms with Crippen LogP contribution in [0.3, 0.4) is 0 Å². The van der Waals surface area contributed by atoms with E-state index < -0.39 is 28.0 Å². The molecule has 1 saturated carbocycles. The summed E-state index contributed by atoms with van der Waals surface area (Å²) in [5.41, 5.74) is 15.9. The van der Waals surface area contributed by atoms with Crippen molar-refractivity contribution >= 4 is 20.2 Å². The summed E-state index contributed by atoms with van der Waals surface area (Å²) >= 11 is -3.06. The fourth-order valence-electron chi connectivity index (χ4n) is 10.0. The molecule has 4 aromatic carbocycles. The van der Waals surface area contributed by atoms with Crippen molar-refractivity contribution in [3.63, 3.8) is 0 Å². The number of rotatable bonds is 3. The second-order valence-electron chi connectivity index (χ2n) is 14.7. The van der Waals surface area contributed by atoms with Crippen LogP contribution in [0.2, 0.25) is 21.4 Å². The molecule has 0 bridgehead atoms. The summed E-state index contributed by atoms with van der Waals surface area (Å²) in [6.45, 7) is 7.40. The van der Waals surface area contributed by atoms with Crippen LogP contribution in [-0.2, 0) is 20.0 Å². The fourth-order valence-corrected chi connectivity index (χ4v) is 42.9. The predicted molar refractivity (Wildman–Crippen MR) is 185 cm³/mol. The molecule has 2 heteroatoms. The molecule has 4 aliphatic rings. The molecule has 2 fully saturated rings. The summed E-state index contributed by atoms with van der Waals surface area (Å²) in [6.07, 6.45) is 12.7. The first-order chi connectivity index (χ1) is 20.8. The van der Waals surface area contributed by atoms with E-state index >= 15 is 0 Å². The molecule has 0 N–H and O–H groups in total. The molecule has 0 radical (unpaired) electrons. The maximum atomic E-state index is 2.84. The van der Waals surface area contributed by atoms with Crippen molar-refractivity contribution in [2.45, 2.75) is 74.7 Å². The Morgan fingerprint density at radius 1 is 0.558 bits per heavy atom.